The van der Waals surface area contributed by atoms with Crippen molar-refractivity contribution in [1.82, 2.24) is 5.43 Å². The van der Waals surface area contributed by atoms with Gasteiger partial charge in [-0.15, -0.1) is 0 Å². The summed E-state index contributed by atoms with van der Waals surface area (Å²) in [5.74, 6) is 6.21. The maximum Gasteiger partial charge on any atom is 0.193 e. The number of hydrazine groups is 1. The molecule has 1 atom stereocenters. The Kier molecular flexibility index (Phi) is 4.28. The molecular formula is C9H15ClN2O. The van der Waals surface area contributed by atoms with Gasteiger partial charge in [0, 0.05) is 0 Å². The summed E-state index contributed by atoms with van der Waals surface area (Å²) in [5, 5.41) is 0.409. The summed E-state index contributed by atoms with van der Waals surface area (Å²) in [7, 11) is 0. The number of rotatable bonds is 5. The molecule has 13 heavy (non-hydrogen) atoms. The second-order valence-corrected chi connectivity index (χ2v) is 3.38. The molecule has 1 unspecified atom stereocenters. The lowest BCUT2D eigenvalue weighted by molar-refractivity contribution is 0.394. The van der Waals surface area contributed by atoms with Crippen molar-refractivity contribution in [3.05, 3.63) is 23.1 Å². The summed E-state index contributed by atoms with van der Waals surface area (Å²) in [4.78, 5) is 0. The molecule has 0 spiro atoms. The number of halogens is 1. The molecule has 0 amide bonds. The van der Waals surface area contributed by atoms with Gasteiger partial charge in [0.15, 0.2) is 5.22 Å². The zero-order valence-electron chi connectivity index (χ0n) is 7.72. The molecule has 1 aromatic rings. The molecule has 0 bridgehead atoms. The van der Waals surface area contributed by atoms with E-state index in [2.05, 4.69) is 12.3 Å². The maximum absolute atomic E-state index is 5.66. The average Bonchev–Trinajstić information content (AvgIpc) is 2.54. The van der Waals surface area contributed by atoms with Crippen molar-refractivity contribution in [1.29, 1.82) is 0 Å². The first kappa shape index (κ1) is 10.6. The van der Waals surface area contributed by atoms with Gasteiger partial charge in [-0.3, -0.25) is 5.84 Å². The van der Waals surface area contributed by atoms with E-state index in [-0.39, 0.29) is 6.04 Å². The summed E-state index contributed by atoms with van der Waals surface area (Å²) in [6, 6.07) is 3.66. The number of nitrogens with two attached hydrogens (primary N) is 1. The maximum atomic E-state index is 5.66. The molecule has 0 aliphatic heterocycles. The van der Waals surface area contributed by atoms with E-state index in [1.54, 1.807) is 6.07 Å². The Labute approximate surface area is 83.2 Å². The Hall–Kier alpha value is -0.510. The minimum Gasteiger partial charge on any atom is -0.448 e. The van der Waals surface area contributed by atoms with E-state index in [9.17, 15) is 0 Å². The Bertz CT molecular complexity index is 250. The highest BCUT2D eigenvalue weighted by Crippen LogP contribution is 2.23. The zero-order valence-corrected chi connectivity index (χ0v) is 8.47. The zero-order chi connectivity index (χ0) is 9.68. The van der Waals surface area contributed by atoms with E-state index in [0.29, 0.717) is 5.22 Å². The van der Waals surface area contributed by atoms with Gasteiger partial charge in [0.05, 0.1) is 6.04 Å². The van der Waals surface area contributed by atoms with E-state index in [1.165, 1.54) is 0 Å². The SMILES string of the molecule is CCCCC(NN)c1ccc(Cl)o1. The molecule has 1 heterocycles. The highest BCUT2D eigenvalue weighted by atomic mass is 35.5. The molecule has 0 saturated carbocycles. The predicted molar refractivity (Wildman–Crippen MR) is 53.3 cm³/mol. The molecule has 0 aliphatic rings. The van der Waals surface area contributed by atoms with Gasteiger partial charge in [-0.05, 0) is 30.2 Å². The van der Waals surface area contributed by atoms with Crippen LogP contribution >= 0.6 is 11.6 Å². The van der Waals surface area contributed by atoms with Crippen molar-refractivity contribution in [2.45, 2.75) is 32.2 Å². The lowest BCUT2D eigenvalue weighted by Crippen LogP contribution is -2.27. The van der Waals surface area contributed by atoms with Gasteiger partial charge >= 0.3 is 0 Å². The highest BCUT2D eigenvalue weighted by molar-refractivity contribution is 6.28. The van der Waals surface area contributed by atoms with Crippen molar-refractivity contribution < 1.29 is 4.42 Å². The predicted octanol–water partition coefficient (Wildman–Crippen LogP) is 2.63. The van der Waals surface area contributed by atoms with Crippen molar-refractivity contribution in [3.8, 4) is 0 Å². The van der Waals surface area contributed by atoms with Crippen LogP contribution in [0.4, 0.5) is 0 Å². The van der Waals surface area contributed by atoms with Crippen molar-refractivity contribution in [2.75, 3.05) is 0 Å². The highest BCUT2D eigenvalue weighted by Gasteiger charge is 2.12. The molecule has 0 saturated heterocycles. The van der Waals surface area contributed by atoms with Gasteiger partial charge in [-0.25, -0.2) is 5.43 Å². The number of hydrogen-bond acceptors (Lipinski definition) is 3. The van der Waals surface area contributed by atoms with Crippen molar-refractivity contribution in [2.24, 2.45) is 5.84 Å². The summed E-state index contributed by atoms with van der Waals surface area (Å²) in [6.45, 7) is 2.14. The summed E-state index contributed by atoms with van der Waals surface area (Å²) < 4.78 is 5.26. The fraction of sp³-hybridized carbons (Fsp3) is 0.556. The molecule has 0 aliphatic carbocycles. The van der Waals surface area contributed by atoms with Crippen LogP contribution in [-0.4, -0.2) is 0 Å². The smallest absolute Gasteiger partial charge is 0.193 e. The molecule has 1 rings (SSSR count). The summed E-state index contributed by atoms with van der Waals surface area (Å²) in [5.41, 5.74) is 2.71. The minimum atomic E-state index is 0.0763. The van der Waals surface area contributed by atoms with E-state index >= 15 is 0 Å². The quantitative estimate of drug-likeness (QED) is 0.570. The monoisotopic (exact) mass is 202 g/mol. The lowest BCUT2D eigenvalue weighted by Gasteiger charge is -2.11. The average molecular weight is 203 g/mol. The molecule has 3 nitrogen and oxygen atoms in total. The normalized spacial score (nSPS) is 13.2. The topological polar surface area (TPSA) is 51.2 Å². The molecule has 4 heteroatoms. The minimum absolute atomic E-state index is 0.0763. The third-order valence-electron chi connectivity index (χ3n) is 1.98. The van der Waals surface area contributed by atoms with E-state index in [4.69, 9.17) is 21.9 Å². The van der Waals surface area contributed by atoms with E-state index < -0.39 is 0 Å². The third kappa shape index (κ3) is 3.03. The number of nitrogens with one attached hydrogen (secondary N) is 1. The molecule has 74 valence electrons. The first-order valence-corrected chi connectivity index (χ1v) is 4.87. The summed E-state index contributed by atoms with van der Waals surface area (Å²) >= 11 is 5.66. The van der Waals surface area contributed by atoms with Crippen LogP contribution in [0.1, 0.15) is 38.0 Å². The fourth-order valence-corrected chi connectivity index (χ4v) is 1.38. The van der Waals surface area contributed by atoms with Gasteiger partial charge in [-0.2, -0.15) is 0 Å². The Balaban J connectivity index is 2.56. The van der Waals surface area contributed by atoms with Crippen LogP contribution in [0.5, 0.6) is 0 Å². The summed E-state index contributed by atoms with van der Waals surface area (Å²) in [6.07, 6.45) is 3.23. The van der Waals surface area contributed by atoms with Crippen LogP contribution in [0.25, 0.3) is 0 Å². The molecular weight excluding hydrogens is 188 g/mol. The third-order valence-corrected chi connectivity index (χ3v) is 2.19. The van der Waals surface area contributed by atoms with Gasteiger partial charge in [-0.1, -0.05) is 19.8 Å². The fourth-order valence-electron chi connectivity index (χ4n) is 1.23. The van der Waals surface area contributed by atoms with E-state index in [1.807, 2.05) is 6.07 Å². The first-order chi connectivity index (χ1) is 6.27. The van der Waals surface area contributed by atoms with Crippen LogP contribution < -0.4 is 11.3 Å². The Morgan fingerprint density at radius 2 is 2.38 bits per heavy atom. The van der Waals surface area contributed by atoms with Crippen LogP contribution in [0, 0.1) is 0 Å². The van der Waals surface area contributed by atoms with Gasteiger partial charge in [0.1, 0.15) is 5.76 Å². The number of hydrogen-bond donors (Lipinski definition) is 2. The van der Waals surface area contributed by atoms with Crippen LogP contribution in [-0.2, 0) is 0 Å². The van der Waals surface area contributed by atoms with Gasteiger partial charge in [0.25, 0.3) is 0 Å². The standard InChI is InChI=1S/C9H15ClN2O/c1-2-3-4-7(12-11)8-5-6-9(10)13-8/h5-7,12H,2-4,11H2,1H3. The Morgan fingerprint density at radius 1 is 1.62 bits per heavy atom. The van der Waals surface area contributed by atoms with Crippen LogP contribution in [0.2, 0.25) is 5.22 Å². The lowest BCUT2D eigenvalue weighted by atomic mass is 10.1. The molecule has 0 radical (unpaired) electrons. The molecule has 0 fully saturated rings. The van der Waals surface area contributed by atoms with E-state index in [0.717, 1.165) is 25.0 Å². The second-order valence-electron chi connectivity index (χ2n) is 3.00. The van der Waals surface area contributed by atoms with Gasteiger partial charge in [0.2, 0.25) is 0 Å². The van der Waals surface area contributed by atoms with Crippen molar-refractivity contribution in [3.63, 3.8) is 0 Å². The Morgan fingerprint density at radius 3 is 2.85 bits per heavy atom. The molecule has 1 aromatic heterocycles. The van der Waals surface area contributed by atoms with Gasteiger partial charge < -0.3 is 4.42 Å². The van der Waals surface area contributed by atoms with Crippen molar-refractivity contribution >= 4 is 11.6 Å². The second kappa shape index (κ2) is 5.27. The number of furan rings is 1. The largest absolute Gasteiger partial charge is 0.448 e. The molecule has 3 N–H and O–H groups in total. The number of unbranched alkanes of at least 4 members (excludes halogenated alkanes) is 1. The van der Waals surface area contributed by atoms with Crippen LogP contribution in [0.15, 0.2) is 16.5 Å². The molecule has 0 aromatic carbocycles. The first-order valence-electron chi connectivity index (χ1n) is 4.49. The van der Waals surface area contributed by atoms with Crippen LogP contribution in [0.3, 0.4) is 0 Å².